The van der Waals surface area contributed by atoms with Crippen LogP contribution in [0.5, 0.6) is 0 Å². The first kappa shape index (κ1) is 17.5. The largest absolute Gasteiger partial charge is 0.348 e. The molecule has 0 aliphatic carbocycles. The fourth-order valence-corrected chi connectivity index (χ4v) is 2.91. The van der Waals surface area contributed by atoms with Gasteiger partial charge in [-0.05, 0) is 42.8 Å². The van der Waals surface area contributed by atoms with Crippen molar-refractivity contribution in [2.24, 2.45) is 0 Å². The third-order valence-electron chi connectivity index (χ3n) is 4.30. The molecule has 4 aromatic rings. The Kier molecular flexibility index (Phi) is 4.63. The van der Waals surface area contributed by atoms with Gasteiger partial charge in [0.2, 0.25) is 0 Å². The summed E-state index contributed by atoms with van der Waals surface area (Å²) in [5, 5.41) is 2.86. The van der Waals surface area contributed by atoms with Crippen LogP contribution >= 0.6 is 0 Å². The summed E-state index contributed by atoms with van der Waals surface area (Å²) in [6.45, 7) is 2.04. The van der Waals surface area contributed by atoms with E-state index in [0.29, 0.717) is 23.4 Å². The number of rotatable bonds is 4. The van der Waals surface area contributed by atoms with Gasteiger partial charge in [0.1, 0.15) is 0 Å². The Morgan fingerprint density at radius 3 is 2.79 bits per heavy atom. The van der Waals surface area contributed by atoms with E-state index in [4.69, 9.17) is 0 Å². The predicted octanol–water partition coefficient (Wildman–Crippen LogP) is 2.39. The molecule has 0 unspecified atom stereocenters. The molecular formula is C21H17N5O2. The van der Waals surface area contributed by atoms with Crippen LogP contribution in [0.3, 0.4) is 0 Å². The van der Waals surface area contributed by atoms with Crippen molar-refractivity contribution in [2.45, 2.75) is 13.5 Å². The van der Waals surface area contributed by atoms with Crippen molar-refractivity contribution < 1.29 is 4.79 Å². The maximum Gasteiger partial charge on any atom is 0.258 e. The van der Waals surface area contributed by atoms with Crippen LogP contribution in [0.15, 0.2) is 72.0 Å². The summed E-state index contributed by atoms with van der Waals surface area (Å²) >= 11 is 0. The molecule has 1 amide bonds. The summed E-state index contributed by atoms with van der Waals surface area (Å²) in [5.74, 6) is -0.299. The smallest absolute Gasteiger partial charge is 0.258 e. The maximum absolute atomic E-state index is 12.6. The first-order chi connectivity index (χ1) is 13.6. The van der Waals surface area contributed by atoms with E-state index in [1.165, 1.54) is 10.5 Å². The highest BCUT2D eigenvalue weighted by Crippen LogP contribution is 2.15. The number of amides is 1. The molecule has 0 bridgehead atoms. The number of nitrogens with zero attached hydrogens (tertiary/aromatic N) is 4. The van der Waals surface area contributed by atoms with Crippen LogP contribution in [0.4, 0.5) is 0 Å². The van der Waals surface area contributed by atoms with Crippen molar-refractivity contribution in [1.82, 2.24) is 24.7 Å². The fourth-order valence-electron chi connectivity index (χ4n) is 2.91. The molecule has 0 atom stereocenters. The zero-order chi connectivity index (χ0) is 19.5. The lowest BCUT2D eigenvalue weighted by Gasteiger charge is -2.09. The van der Waals surface area contributed by atoms with Crippen molar-refractivity contribution in [3.8, 4) is 11.3 Å². The van der Waals surface area contributed by atoms with Crippen molar-refractivity contribution in [2.75, 3.05) is 0 Å². The van der Waals surface area contributed by atoms with Crippen molar-refractivity contribution in [3.63, 3.8) is 0 Å². The number of nitrogens with one attached hydrogen (secondary N) is 1. The van der Waals surface area contributed by atoms with Gasteiger partial charge < -0.3 is 5.32 Å². The Morgan fingerprint density at radius 2 is 2.04 bits per heavy atom. The number of fused-ring (bicyclic) bond motifs is 1. The van der Waals surface area contributed by atoms with E-state index in [1.54, 1.807) is 43.8 Å². The molecule has 0 aliphatic heterocycles. The van der Waals surface area contributed by atoms with E-state index < -0.39 is 0 Å². The minimum atomic E-state index is -0.299. The number of carbonyl (C=O) groups excluding carboxylic acids is 1. The van der Waals surface area contributed by atoms with Gasteiger partial charge in [-0.1, -0.05) is 6.07 Å². The minimum absolute atomic E-state index is 0.215. The second kappa shape index (κ2) is 7.40. The molecule has 28 heavy (non-hydrogen) atoms. The predicted molar refractivity (Wildman–Crippen MR) is 105 cm³/mol. The Morgan fingerprint density at radius 1 is 1.14 bits per heavy atom. The van der Waals surface area contributed by atoms with Crippen LogP contribution in [0, 0.1) is 6.92 Å². The number of aromatic nitrogens is 4. The molecule has 0 fully saturated rings. The Balaban J connectivity index is 1.52. The van der Waals surface area contributed by atoms with Crippen molar-refractivity contribution >= 4 is 11.6 Å². The van der Waals surface area contributed by atoms with Gasteiger partial charge >= 0.3 is 0 Å². The molecule has 7 heteroatoms. The monoisotopic (exact) mass is 371 g/mol. The third kappa shape index (κ3) is 3.50. The summed E-state index contributed by atoms with van der Waals surface area (Å²) in [5.41, 5.74) is 3.66. The van der Waals surface area contributed by atoms with E-state index >= 15 is 0 Å². The molecule has 4 rings (SSSR count). The van der Waals surface area contributed by atoms with Crippen molar-refractivity contribution in [1.29, 1.82) is 0 Å². The molecular weight excluding hydrogens is 354 g/mol. The van der Waals surface area contributed by atoms with Gasteiger partial charge in [-0.2, -0.15) is 0 Å². The van der Waals surface area contributed by atoms with Gasteiger partial charge in [-0.3, -0.25) is 24.0 Å². The van der Waals surface area contributed by atoms with E-state index in [2.05, 4.69) is 20.3 Å². The van der Waals surface area contributed by atoms with Crippen LogP contribution in [-0.2, 0) is 6.54 Å². The van der Waals surface area contributed by atoms with Crippen LogP contribution in [0.1, 0.15) is 21.6 Å². The lowest BCUT2D eigenvalue weighted by atomic mass is 10.1. The first-order valence-corrected chi connectivity index (χ1v) is 8.74. The SMILES string of the molecule is Cc1cc(=O)n2cccc(C(=O)NCc3ccc(-c4cccnc4)nc3)c2n1. The quantitative estimate of drug-likeness (QED) is 0.595. The maximum atomic E-state index is 12.6. The summed E-state index contributed by atoms with van der Waals surface area (Å²) in [4.78, 5) is 37.6. The molecule has 0 radical (unpaired) electrons. The van der Waals surface area contributed by atoms with E-state index in [-0.39, 0.29) is 11.5 Å². The molecule has 7 nitrogen and oxygen atoms in total. The lowest BCUT2D eigenvalue weighted by Crippen LogP contribution is -2.25. The topological polar surface area (TPSA) is 89.2 Å². The van der Waals surface area contributed by atoms with Crippen LogP contribution in [-0.4, -0.2) is 25.3 Å². The average Bonchev–Trinajstić information content (AvgIpc) is 2.72. The molecule has 0 saturated heterocycles. The number of hydrogen-bond acceptors (Lipinski definition) is 5. The second-order valence-electron chi connectivity index (χ2n) is 6.33. The normalized spacial score (nSPS) is 10.8. The minimum Gasteiger partial charge on any atom is -0.348 e. The number of pyridine rings is 3. The molecule has 0 spiro atoms. The zero-order valence-electron chi connectivity index (χ0n) is 15.2. The molecule has 4 heterocycles. The summed E-state index contributed by atoms with van der Waals surface area (Å²) in [6.07, 6.45) is 6.78. The van der Waals surface area contributed by atoms with Gasteiger partial charge in [-0.25, -0.2) is 4.98 Å². The summed E-state index contributed by atoms with van der Waals surface area (Å²) < 4.78 is 1.37. The lowest BCUT2D eigenvalue weighted by molar-refractivity contribution is 0.0952. The van der Waals surface area contributed by atoms with E-state index in [1.807, 2.05) is 24.3 Å². The highest BCUT2D eigenvalue weighted by Gasteiger charge is 2.12. The van der Waals surface area contributed by atoms with Gasteiger partial charge in [0.05, 0.1) is 11.3 Å². The average molecular weight is 371 g/mol. The van der Waals surface area contributed by atoms with Crippen LogP contribution < -0.4 is 10.9 Å². The molecule has 0 aliphatic rings. The Hall–Kier alpha value is -3.87. The van der Waals surface area contributed by atoms with Gasteiger partial charge in [0, 0.05) is 48.7 Å². The standard InChI is InChI=1S/C21H17N5O2/c1-14-10-19(27)26-9-3-5-17(20(26)25-14)21(28)24-12-15-6-7-18(23-11-15)16-4-2-8-22-13-16/h2-11,13H,12H2,1H3,(H,24,28). The Labute approximate surface area is 160 Å². The number of aryl methyl sites for hydroxylation is 1. The molecule has 138 valence electrons. The highest BCUT2D eigenvalue weighted by atomic mass is 16.1. The number of carbonyl (C=O) groups is 1. The Bertz CT molecular complexity index is 1200. The highest BCUT2D eigenvalue weighted by molar-refractivity contribution is 5.99. The van der Waals surface area contributed by atoms with Gasteiger partial charge in [0.15, 0.2) is 5.65 Å². The molecule has 1 N–H and O–H groups in total. The molecule has 0 aromatic carbocycles. The van der Waals surface area contributed by atoms with Crippen LogP contribution in [0.25, 0.3) is 16.9 Å². The van der Waals surface area contributed by atoms with Crippen LogP contribution in [0.2, 0.25) is 0 Å². The summed E-state index contributed by atoms with van der Waals surface area (Å²) in [6, 6.07) is 12.3. The van der Waals surface area contributed by atoms with Gasteiger partial charge in [0.25, 0.3) is 11.5 Å². The van der Waals surface area contributed by atoms with Gasteiger partial charge in [-0.15, -0.1) is 0 Å². The van der Waals surface area contributed by atoms with E-state index in [0.717, 1.165) is 16.8 Å². The zero-order valence-corrected chi connectivity index (χ0v) is 15.2. The summed E-state index contributed by atoms with van der Waals surface area (Å²) in [7, 11) is 0. The third-order valence-corrected chi connectivity index (χ3v) is 4.30. The van der Waals surface area contributed by atoms with Crippen molar-refractivity contribution in [3.05, 3.63) is 94.4 Å². The first-order valence-electron chi connectivity index (χ1n) is 8.74. The fraction of sp³-hybridized carbons (Fsp3) is 0.0952. The second-order valence-corrected chi connectivity index (χ2v) is 6.33. The molecule has 0 saturated carbocycles. The number of hydrogen-bond donors (Lipinski definition) is 1. The molecule has 4 aromatic heterocycles. The van der Waals surface area contributed by atoms with E-state index in [9.17, 15) is 9.59 Å².